The van der Waals surface area contributed by atoms with Gasteiger partial charge in [-0.1, -0.05) is 32.4 Å². The topological polar surface area (TPSA) is 95.9 Å². The van der Waals surface area contributed by atoms with E-state index in [0.29, 0.717) is 21.2 Å². The largest absolute Gasteiger partial charge is 0.465 e. The molecule has 1 unspecified atom stereocenters. The van der Waals surface area contributed by atoms with Crippen LogP contribution in [0.15, 0.2) is 24.3 Å². The molecule has 9 heteroatoms. The van der Waals surface area contributed by atoms with Gasteiger partial charge in [0.1, 0.15) is 10.7 Å². The van der Waals surface area contributed by atoms with Crippen molar-refractivity contribution in [1.29, 1.82) is 0 Å². The highest BCUT2D eigenvalue weighted by Crippen LogP contribution is 2.47. The Morgan fingerprint density at radius 3 is 2.24 bits per heavy atom. The maximum absolute atomic E-state index is 13.8. The summed E-state index contributed by atoms with van der Waals surface area (Å²) in [7, 11) is 0. The molecule has 33 heavy (non-hydrogen) atoms. The van der Waals surface area contributed by atoms with E-state index in [0.717, 1.165) is 15.3 Å². The first-order valence-corrected chi connectivity index (χ1v) is 11.7. The average Bonchev–Trinajstić information content (AvgIpc) is 3.14. The maximum atomic E-state index is 13.8. The fourth-order valence-corrected chi connectivity index (χ4v) is 5.44. The second kappa shape index (κ2) is 8.42. The Hall–Kier alpha value is -2.42. The fraction of sp³-hybridized carbons (Fsp3) is 0.458. The van der Waals surface area contributed by atoms with Crippen molar-refractivity contribution >= 4 is 45.7 Å². The van der Waals surface area contributed by atoms with Crippen LogP contribution in [-0.2, 0) is 9.53 Å². The van der Waals surface area contributed by atoms with Crippen molar-refractivity contribution < 1.29 is 24.2 Å². The summed E-state index contributed by atoms with van der Waals surface area (Å²) < 4.78 is 5.81. The molecule has 0 aliphatic carbocycles. The molecule has 2 N–H and O–H groups in total. The number of hydrogen-bond donors (Lipinski definition) is 2. The average molecular weight is 493 g/mol. The number of amides is 2. The van der Waals surface area contributed by atoms with Crippen molar-refractivity contribution in [3.63, 3.8) is 0 Å². The van der Waals surface area contributed by atoms with E-state index >= 15 is 0 Å². The number of carboxylic acid groups (broad SMARTS) is 1. The van der Waals surface area contributed by atoms with Crippen LogP contribution in [0.4, 0.5) is 9.80 Å². The van der Waals surface area contributed by atoms with Crippen LogP contribution in [0.1, 0.15) is 61.0 Å². The summed E-state index contributed by atoms with van der Waals surface area (Å²) in [4.78, 5) is 41.4. The number of rotatable bonds is 4. The first-order valence-electron chi connectivity index (χ1n) is 10.5. The predicted molar refractivity (Wildman–Crippen MR) is 129 cm³/mol. The van der Waals surface area contributed by atoms with E-state index in [-0.39, 0.29) is 12.4 Å². The quantitative estimate of drug-likeness (QED) is 0.532. The Kier molecular flexibility index (Phi) is 6.43. The molecule has 1 fully saturated rings. The maximum Gasteiger partial charge on any atom is 0.410 e. The molecular formula is C24H29ClN2O5S. The molecule has 0 radical (unpaired) electrons. The molecule has 1 atom stereocenters. The minimum atomic E-state index is -1.51. The standard InChI is InChI=1S/C24H29ClN2O5S/c1-13-14(2)33-19(17(13)18(28)15-8-10-16(25)11-9-15)26-20(29)24(22(3,4)5)12-32-23(6,7)27(24)21(30)31/h8-11H,12H2,1-7H3,(H,26,29)(H,30,31). The molecule has 0 spiro atoms. The van der Waals surface area contributed by atoms with Crippen molar-refractivity contribution in [3.8, 4) is 0 Å². The molecule has 178 valence electrons. The highest BCUT2D eigenvalue weighted by molar-refractivity contribution is 7.16. The molecule has 1 aliphatic rings. The van der Waals surface area contributed by atoms with Crippen LogP contribution in [0, 0.1) is 19.3 Å². The first kappa shape index (κ1) is 25.2. The lowest BCUT2D eigenvalue weighted by atomic mass is 9.72. The SMILES string of the molecule is Cc1sc(NC(=O)C2(C(C)(C)C)COC(C)(C)N2C(=O)O)c(C(=O)c2ccc(Cl)cc2)c1C. The van der Waals surface area contributed by atoms with Crippen LogP contribution in [-0.4, -0.2) is 45.7 Å². The summed E-state index contributed by atoms with van der Waals surface area (Å²) in [6.45, 7) is 12.3. The summed E-state index contributed by atoms with van der Waals surface area (Å²) >= 11 is 7.25. The summed E-state index contributed by atoms with van der Waals surface area (Å²) in [5, 5.41) is 13.8. The lowest BCUT2D eigenvalue weighted by Gasteiger charge is -2.46. The van der Waals surface area contributed by atoms with E-state index in [1.54, 1.807) is 58.9 Å². The van der Waals surface area contributed by atoms with Gasteiger partial charge in [-0.05, 0) is 62.9 Å². The number of carbonyl (C=O) groups excluding carboxylic acids is 2. The van der Waals surface area contributed by atoms with E-state index in [1.807, 2.05) is 13.8 Å². The summed E-state index contributed by atoms with van der Waals surface area (Å²) in [5.74, 6) is -0.777. The van der Waals surface area contributed by atoms with Crippen LogP contribution in [0.5, 0.6) is 0 Å². The van der Waals surface area contributed by atoms with Gasteiger partial charge in [-0.2, -0.15) is 0 Å². The number of ether oxygens (including phenoxy) is 1. The van der Waals surface area contributed by atoms with E-state index in [4.69, 9.17) is 16.3 Å². The lowest BCUT2D eigenvalue weighted by Crippen LogP contribution is -2.67. The fourth-order valence-electron chi connectivity index (χ4n) is 4.26. The monoisotopic (exact) mass is 492 g/mol. The molecule has 2 amide bonds. The van der Waals surface area contributed by atoms with E-state index in [9.17, 15) is 19.5 Å². The van der Waals surface area contributed by atoms with Crippen LogP contribution in [0.2, 0.25) is 5.02 Å². The molecule has 1 aromatic carbocycles. The number of nitrogens with one attached hydrogen (secondary N) is 1. The Balaban J connectivity index is 2.08. The third-order valence-corrected chi connectivity index (χ3v) is 7.68. The minimum absolute atomic E-state index is 0.106. The van der Waals surface area contributed by atoms with Crippen LogP contribution in [0.25, 0.3) is 0 Å². The van der Waals surface area contributed by atoms with Crippen LogP contribution < -0.4 is 5.32 Å². The zero-order valence-electron chi connectivity index (χ0n) is 19.8. The van der Waals surface area contributed by atoms with Gasteiger partial charge < -0.3 is 15.2 Å². The first-order chi connectivity index (χ1) is 15.1. The molecule has 2 heterocycles. The number of thiophene rings is 1. The number of hydrogen-bond acceptors (Lipinski definition) is 5. The van der Waals surface area contributed by atoms with E-state index in [1.165, 1.54) is 11.3 Å². The van der Waals surface area contributed by atoms with Gasteiger partial charge in [0.2, 0.25) is 0 Å². The molecule has 1 saturated heterocycles. The third kappa shape index (κ3) is 4.16. The number of nitrogens with zero attached hydrogens (tertiary/aromatic N) is 1. The van der Waals surface area contributed by atoms with Gasteiger partial charge in [-0.25, -0.2) is 4.79 Å². The Bertz CT molecular complexity index is 1120. The number of anilines is 1. The van der Waals surface area contributed by atoms with Gasteiger partial charge in [0.15, 0.2) is 11.3 Å². The van der Waals surface area contributed by atoms with Gasteiger partial charge in [0.05, 0.1) is 12.2 Å². The number of benzene rings is 1. The predicted octanol–water partition coefficient (Wildman–Crippen LogP) is 5.72. The number of ketones is 1. The van der Waals surface area contributed by atoms with Crippen molar-refractivity contribution in [2.24, 2.45) is 5.41 Å². The van der Waals surface area contributed by atoms with E-state index in [2.05, 4.69) is 5.32 Å². The zero-order valence-corrected chi connectivity index (χ0v) is 21.4. The Labute approximate surface area is 202 Å². The van der Waals surface area contributed by atoms with E-state index < -0.39 is 28.7 Å². The number of carbonyl (C=O) groups is 3. The lowest BCUT2D eigenvalue weighted by molar-refractivity contribution is -0.133. The zero-order chi connectivity index (χ0) is 24.9. The van der Waals surface area contributed by atoms with Gasteiger partial charge in [-0.15, -0.1) is 11.3 Å². The molecular weight excluding hydrogens is 464 g/mol. The number of halogens is 1. The summed E-state index contributed by atoms with van der Waals surface area (Å²) in [6, 6.07) is 6.55. The van der Waals surface area contributed by atoms with Gasteiger partial charge in [0.25, 0.3) is 5.91 Å². The second-order valence-electron chi connectivity index (χ2n) is 9.74. The molecule has 7 nitrogen and oxygen atoms in total. The second-order valence-corrected chi connectivity index (χ2v) is 11.4. The van der Waals surface area contributed by atoms with Crippen molar-refractivity contribution in [2.45, 2.75) is 59.7 Å². The smallest absolute Gasteiger partial charge is 0.410 e. The number of aryl methyl sites for hydroxylation is 1. The highest BCUT2D eigenvalue weighted by Gasteiger charge is 2.64. The van der Waals surface area contributed by atoms with Gasteiger partial charge in [-0.3, -0.25) is 14.5 Å². The van der Waals surface area contributed by atoms with Gasteiger partial charge in [0, 0.05) is 15.5 Å². The molecule has 3 rings (SSSR count). The third-order valence-electron chi connectivity index (χ3n) is 6.31. The van der Waals surface area contributed by atoms with Crippen LogP contribution in [0.3, 0.4) is 0 Å². The molecule has 1 aromatic heterocycles. The summed E-state index contributed by atoms with van der Waals surface area (Å²) in [5.41, 5.74) is -1.91. The van der Waals surface area contributed by atoms with Crippen molar-refractivity contribution in [2.75, 3.05) is 11.9 Å². The summed E-state index contributed by atoms with van der Waals surface area (Å²) in [6.07, 6.45) is -1.25. The van der Waals surface area contributed by atoms with Gasteiger partial charge >= 0.3 is 6.09 Å². The van der Waals surface area contributed by atoms with Crippen LogP contribution >= 0.6 is 22.9 Å². The Morgan fingerprint density at radius 2 is 1.73 bits per heavy atom. The van der Waals surface area contributed by atoms with Crippen molar-refractivity contribution in [1.82, 2.24) is 4.90 Å². The van der Waals surface area contributed by atoms with Crippen molar-refractivity contribution in [3.05, 3.63) is 50.9 Å². The molecule has 0 bridgehead atoms. The molecule has 2 aromatic rings. The normalized spacial score (nSPS) is 20.1. The molecule has 0 saturated carbocycles. The Morgan fingerprint density at radius 1 is 1.15 bits per heavy atom. The highest BCUT2D eigenvalue weighted by atomic mass is 35.5. The molecule has 1 aliphatic heterocycles. The minimum Gasteiger partial charge on any atom is -0.465 e.